The number of methoxy groups -OCH3 is 1. The van der Waals surface area contributed by atoms with Crippen molar-refractivity contribution in [2.24, 2.45) is 0 Å². The molecule has 0 spiro atoms. The number of hydrogen-bond donors (Lipinski definition) is 2. The van der Waals surface area contributed by atoms with Crippen molar-refractivity contribution in [1.29, 1.82) is 0 Å². The summed E-state index contributed by atoms with van der Waals surface area (Å²) in [5.41, 5.74) is 6.37. The Balaban J connectivity index is 2.01. The van der Waals surface area contributed by atoms with E-state index in [4.69, 9.17) is 10.5 Å². The standard InChI is InChI=1S/C10H14N6O/c1-17-5-4-16-7-8(6-13-16)14-10-12-3-2-9(11)15-10/h2-3,6-7H,4-5H2,1H3,(H3,11,12,14,15). The Morgan fingerprint density at radius 3 is 3.18 bits per heavy atom. The van der Waals surface area contributed by atoms with Crippen LogP contribution in [0.1, 0.15) is 0 Å². The summed E-state index contributed by atoms with van der Waals surface area (Å²) in [6.45, 7) is 1.33. The van der Waals surface area contributed by atoms with Gasteiger partial charge in [-0.2, -0.15) is 10.1 Å². The van der Waals surface area contributed by atoms with Gasteiger partial charge in [0.1, 0.15) is 5.82 Å². The lowest BCUT2D eigenvalue weighted by Gasteiger charge is -2.01. The fraction of sp³-hybridized carbons (Fsp3) is 0.300. The molecule has 0 radical (unpaired) electrons. The lowest BCUT2D eigenvalue weighted by Crippen LogP contribution is -2.04. The number of rotatable bonds is 5. The molecule has 17 heavy (non-hydrogen) atoms. The highest BCUT2D eigenvalue weighted by atomic mass is 16.5. The first-order valence-electron chi connectivity index (χ1n) is 5.15. The van der Waals surface area contributed by atoms with E-state index in [0.717, 1.165) is 5.69 Å². The first kappa shape index (κ1) is 11.3. The summed E-state index contributed by atoms with van der Waals surface area (Å²) in [5.74, 6) is 0.880. The molecule has 0 aliphatic rings. The summed E-state index contributed by atoms with van der Waals surface area (Å²) in [5, 5.41) is 7.17. The molecule has 0 atom stereocenters. The Hall–Kier alpha value is -2.15. The van der Waals surface area contributed by atoms with Crippen LogP contribution in [0.4, 0.5) is 17.5 Å². The van der Waals surface area contributed by atoms with Gasteiger partial charge < -0.3 is 15.8 Å². The van der Waals surface area contributed by atoms with Crippen LogP contribution >= 0.6 is 0 Å². The molecule has 0 saturated heterocycles. The van der Waals surface area contributed by atoms with E-state index in [9.17, 15) is 0 Å². The molecular formula is C10H14N6O. The maximum Gasteiger partial charge on any atom is 0.229 e. The van der Waals surface area contributed by atoms with Gasteiger partial charge in [0, 0.05) is 19.5 Å². The Morgan fingerprint density at radius 2 is 2.41 bits per heavy atom. The molecule has 2 rings (SSSR count). The SMILES string of the molecule is COCCn1cc(Nc2nccc(N)n2)cn1. The van der Waals surface area contributed by atoms with Gasteiger partial charge in [-0.3, -0.25) is 4.68 Å². The molecule has 0 bridgehead atoms. The van der Waals surface area contributed by atoms with Gasteiger partial charge in [0.25, 0.3) is 0 Å². The monoisotopic (exact) mass is 234 g/mol. The van der Waals surface area contributed by atoms with Crippen LogP contribution in [0.15, 0.2) is 24.7 Å². The predicted octanol–water partition coefficient (Wildman–Crippen LogP) is 0.645. The zero-order chi connectivity index (χ0) is 12.1. The minimum Gasteiger partial charge on any atom is -0.384 e. The van der Waals surface area contributed by atoms with E-state index in [-0.39, 0.29) is 0 Å². The highest BCUT2D eigenvalue weighted by Crippen LogP contribution is 2.11. The molecule has 90 valence electrons. The summed E-state index contributed by atoms with van der Waals surface area (Å²) in [7, 11) is 1.66. The number of nitrogens with two attached hydrogens (primary N) is 1. The van der Waals surface area contributed by atoms with Gasteiger partial charge in [0.05, 0.1) is 25.0 Å². The third-order valence-electron chi connectivity index (χ3n) is 2.09. The van der Waals surface area contributed by atoms with Crippen LogP contribution in [-0.2, 0) is 11.3 Å². The number of nitrogens with zero attached hydrogens (tertiary/aromatic N) is 4. The van der Waals surface area contributed by atoms with Gasteiger partial charge in [-0.15, -0.1) is 0 Å². The molecule has 7 nitrogen and oxygen atoms in total. The van der Waals surface area contributed by atoms with Gasteiger partial charge in [0.2, 0.25) is 5.95 Å². The second-order valence-corrected chi connectivity index (χ2v) is 3.41. The van der Waals surface area contributed by atoms with Crippen LogP contribution in [0.3, 0.4) is 0 Å². The average Bonchev–Trinajstić information content (AvgIpc) is 2.74. The molecule has 0 aromatic carbocycles. The van der Waals surface area contributed by atoms with Crippen LogP contribution in [0.2, 0.25) is 0 Å². The second-order valence-electron chi connectivity index (χ2n) is 3.41. The molecular weight excluding hydrogens is 220 g/mol. The fourth-order valence-corrected chi connectivity index (χ4v) is 1.30. The Morgan fingerprint density at radius 1 is 1.53 bits per heavy atom. The van der Waals surface area contributed by atoms with E-state index >= 15 is 0 Å². The summed E-state index contributed by atoms with van der Waals surface area (Å²) in [6, 6.07) is 1.63. The van der Waals surface area contributed by atoms with Crippen molar-refractivity contribution in [3.63, 3.8) is 0 Å². The molecule has 0 amide bonds. The van der Waals surface area contributed by atoms with Gasteiger partial charge in [-0.05, 0) is 6.07 Å². The van der Waals surface area contributed by atoms with Gasteiger partial charge >= 0.3 is 0 Å². The van der Waals surface area contributed by atoms with Crippen molar-refractivity contribution >= 4 is 17.5 Å². The number of anilines is 3. The van der Waals surface area contributed by atoms with Crippen LogP contribution in [0.5, 0.6) is 0 Å². The lowest BCUT2D eigenvalue weighted by molar-refractivity contribution is 0.183. The number of nitrogen functional groups attached to an aromatic ring is 1. The minimum absolute atomic E-state index is 0.425. The Labute approximate surface area is 98.6 Å². The normalized spacial score (nSPS) is 10.4. The molecule has 7 heteroatoms. The molecule has 0 aliphatic heterocycles. The van der Waals surface area contributed by atoms with Crippen LogP contribution in [0, 0.1) is 0 Å². The molecule has 2 aromatic rings. The Kier molecular flexibility index (Phi) is 3.51. The molecule has 0 aliphatic carbocycles. The van der Waals surface area contributed by atoms with E-state index in [2.05, 4.69) is 20.4 Å². The number of nitrogens with one attached hydrogen (secondary N) is 1. The minimum atomic E-state index is 0.425. The van der Waals surface area contributed by atoms with Gasteiger partial charge in [0.15, 0.2) is 0 Å². The van der Waals surface area contributed by atoms with Gasteiger partial charge in [-0.25, -0.2) is 4.98 Å². The van der Waals surface area contributed by atoms with Crippen molar-refractivity contribution < 1.29 is 4.74 Å². The predicted molar refractivity (Wildman–Crippen MR) is 63.8 cm³/mol. The number of aromatic nitrogens is 4. The smallest absolute Gasteiger partial charge is 0.229 e. The maximum absolute atomic E-state index is 5.55. The highest BCUT2D eigenvalue weighted by molar-refractivity contribution is 5.51. The lowest BCUT2D eigenvalue weighted by atomic mass is 10.5. The first-order valence-corrected chi connectivity index (χ1v) is 5.15. The number of hydrogen-bond acceptors (Lipinski definition) is 6. The summed E-state index contributed by atoms with van der Waals surface area (Å²) in [4.78, 5) is 8.08. The van der Waals surface area contributed by atoms with E-state index in [1.54, 1.807) is 30.3 Å². The average molecular weight is 234 g/mol. The molecule has 2 aromatic heterocycles. The van der Waals surface area contributed by atoms with Crippen LogP contribution < -0.4 is 11.1 Å². The van der Waals surface area contributed by atoms with E-state index in [1.807, 2.05) is 6.20 Å². The van der Waals surface area contributed by atoms with Crippen molar-refractivity contribution in [2.75, 3.05) is 24.8 Å². The van der Waals surface area contributed by atoms with Gasteiger partial charge in [-0.1, -0.05) is 0 Å². The summed E-state index contributed by atoms with van der Waals surface area (Å²) in [6.07, 6.45) is 5.15. The highest BCUT2D eigenvalue weighted by Gasteiger charge is 2.01. The third-order valence-corrected chi connectivity index (χ3v) is 2.09. The van der Waals surface area contributed by atoms with Crippen LogP contribution in [0.25, 0.3) is 0 Å². The van der Waals surface area contributed by atoms with E-state index in [0.29, 0.717) is 24.9 Å². The van der Waals surface area contributed by atoms with E-state index < -0.39 is 0 Å². The fourth-order valence-electron chi connectivity index (χ4n) is 1.30. The zero-order valence-corrected chi connectivity index (χ0v) is 9.50. The topological polar surface area (TPSA) is 90.9 Å². The number of ether oxygens (including phenoxy) is 1. The van der Waals surface area contributed by atoms with Crippen LogP contribution in [-0.4, -0.2) is 33.5 Å². The summed E-state index contributed by atoms with van der Waals surface area (Å²) < 4.78 is 6.74. The first-order chi connectivity index (χ1) is 8.28. The zero-order valence-electron chi connectivity index (χ0n) is 9.50. The van der Waals surface area contributed by atoms with E-state index in [1.165, 1.54) is 0 Å². The molecule has 0 saturated carbocycles. The van der Waals surface area contributed by atoms with Crippen molar-refractivity contribution in [2.45, 2.75) is 6.54 Å². The quantitative estimate of drug-likeness (QED) is 0.789. The molecule has 3 N–H and O–H groups in total. The molecule has 2 heterocycles. The molecule has 0 fully saturated rings. The Bertz CT molecular complexity index is 483. The maximum atomic E-state index is 5.55. The molecule has 0 unspecified atom stereocenters. The largest absolute Gasteiger partial charge is 0.384 e. The van der Waals surface area contributed by atoms with Crippen molar-refractivity contribution in [3.8, 4) is 0 Å². The van der Waals surface area contributed by atoms with Crippen molar-refractivity contribution in [1.82, 2.24) is 19.7 Å². The second kappa shape index (κ2) is 5.26. The van der Waals surface area contributed by atoms with Crippen molar-refractivity contribution in [3.05, 3.63) is 24.7 Å². The third kappa shape index (κ3) is 3.15. The summed E-state index contributed by atoms with van der Waals surface area (Å²) >= 11 is 0.